The van der Waals surface area contributed by atoms with Crippen LogP contribution in [0.3, 0.4) is 0 Å². The Labute approximate surface area is 116 Å². The molecule has 19 heavy (non-hydrogen) atoms. The van der Waals surface area contributed by atoms with E-state index in [1.807, 2.05) is 35.7 Å². The summed E-state index contributed by atoms with van der Waals surface area (Å²) in [6, 6.07) is 18.2. The second kappa shape index (κ2) is 5.21. The first-order valence-corrected chi connectivity index (χ1v) is 6.99. The molecular weight excluding hydrogens is 252 g/mol. The molecule has 0 fully saturated rings. The highest BCUT2D eigenvalue weighted by Gasteiger charge is 2.05. The quantitative estimate of drug-likeness (QED) is 0.615. The number of carbonyl (C=O) groups is 1. The number of aldehydes is 1. The summed E-state index contributed by atoms with van der Waals surface area (Å²) < 4.78 is 0. The summed E-state index contributed by atoms with van der Waals surface area (Å²) in [5, 5.41) is 4.14. The molecule has 0 unspecified atom stereocenters. The largest absolute Gasteiger partial charge is 0.298 e. The summed E-state index contributed by atoms with van der Waals surface area (Å²) >= 11 is 1.66. The fourth-order valence-corrected chi connectivity index (χ4v) is 2.78. The van der Waals surface area contributed by atoms with Crippen LogP contribution in [0.5, 0.6) is 0 Å². The summed E-state index contributed by atoms with van der Waals surface area (Å²) in [6.45, 7) is 0. The molecule has 1 nitrogen and oxygen atoms in total. The Morgan fingerprint density at radius 3 is 2.16 bits per heavy atom. The molecule has 0 spiro atoms. The van der Waals surface area contributed by atoms with Crippen molar-refractivity contribution in [2.24, 2.45) is 0 Å². The van der Waals surface area contributed by atoms with E-state index in [0.29, 0.717) is 5.56 Å². The van der Waals surface area contributed by atoms with Gasteiger partial charge in [0, 0.05) is 5.56 Å². The zero-order valence-electron chi connectivity index (χ0n) is 10.2. The van der Waals surface area contributed by atoms with Crippen molar-refractivity contribution in [1.29, 1.82) is 0 Å². The minimum absolute atomic E-state index is 0.711. The van der Waals surface area contributed by atoms with E-state index in [0.717, 1.165) is 28.5 Å². The predicted molar refractivity (Wildman–Crippen MR) is 80.6 cm³/mol. The highest BCUT2D eigenvalue weighted by molar-refractivity contribution is 7.08. The number of hydrogen-bond acceptors (Lipinski definition) is 2. The first-order valence-electron chi connectivity index (χ1n) is 6.05. The molecule has 0 saturated heterocycles. The smallest absolute Gasteiger partial charge is 0.150 e. The molecule has 2 heteroatoms. The fourth-order valence-electron chi connectivity index (χ4n) is 2.11. The zero-order chi connectivity index (χ0) is 13.1. The average molecular weight is 264 g/mol. The molecule has 2 aromatic carbocycles. The van der Waals surface area contributed by atoms with E-state index < -0.39 is 0 Å². The number of carbonyl (C=O) groups excluding carboxylic acids is 1. The Kier molecular flexibility index (Phi) is 3.25. The van der Waals surface area contributed by atoms with Gasteiger partial charge in [-0.2, -0.15) is 11.3 Å². The third kappa shape index (κ3) is 2.49. The molecule has 0 aliphatic carbocycles. The first kappa shape index (κ1) is 11.9. The first-order chi connectivity index (χ1) is 9.36. The Balaban J connectivity index is 2.16. The molecule has 0 amide bonds. The Morgan fingerprint density at radius 2 is 1.53 bits per heavy atom. The van der Waals surface area contributed by atoms with Crippen LogP contribution in [0.1, 0.15) is 10.4 Å². The Morgan fingerprint density at radius 1 is 0.789 bits per heavy atom. The van der Waals surface area contributed by atoms with Crippen LogP contribution in [0.2, 0.25) is 0 Å². The van der Waals surface area contributed by atoms with Crippen LogP contribution in [0, 0.1) is 0 Å². The van der Waals surface area contributed by atoms with Gasteiger partial charge in [-0.25, -0.2) is 0 Å². The molecule has 1 heterocycles. The van der Waals surface area contributed by atoms with Crippen LogP contribution in [-0.4, -0.2) is 6.29 Å². The maximum absolute atomic E-state index is 11.1. The maximum atomic E-state index is 11.1. The van der Waals surface area contributed by atoms with Gasteiger partial charge in [0.2, 0.25) is 0 Å². The van der Waals surface area contributed by atoms with Gasteiger partial charge in [-0.05, 0) is 57.3 Å². The molecule has 3 aromatic rings. The second-order valence-corrected chi connectivity index (χ2v) is 5.12. The molecule has 0 N–H and O–H groups in total. The van der Waals surface area contributed by atoms with E-state index in [1.165, 1.54) is 0 Å². The summed E-state index contributed by atoms with van der Waals surface area (Å²) in [6.07, 6.45) is 0.905. The van der Waals surface area contributed by atoms with Crippen LogP contribution in [0.15, 0.2) is 65.4 Å². The standard InChI is InChI=1S/C17H12OS/c18-11-13-8-16(14-4-2-1-3-5-14)10-17(9-13)15-6-7-19-12-15/h1-12H. The highest BCUT2D eigenvalue weighted by atomic mass is 32.1. The highest BCUT2D eigenvalue weighted by Crippen LogP contribution is 2.29. The molecule has 92 valence electrons. The maximum Gasteiger partial charge on any atom is 0.150 e. The molecule has 0 radical (unpaired) electrons. The van der Waals surface area contributed by atoms with Crippen molar-refractivity contribution < 1.29 is 4.79 Å². The molecule has 3 rings (SSSR count). The minimum atomic E-state index is 0.711. The van der Waals surface area contributed by atoms with Gasteiger partial charge in [0.15, 0.2) is 0 Å². The van der Waals surface area contributed by atoms with Crippen molar-refractivity contribution in [3.8, 4) is 22.3 Å². The van der Waals surface area contributed by atoms with Gasteiger partial charge in [0.25, 0.3) is 0 Å². The number of benzene rings is 2. The molecule has 0 aliphatic heterocycles. The van der Waals surface area contributed by atoms with Crippen molar-refractivity contribution in [2.75, 3.05) is 0 Å². The molecular formula is C17H12OS. The van der Waals surface area contributed by atoms with Gasteiger partial charge in [-0.1, -0.05) is 30.3 Å². The zero-order valence-corrected chi connectivity index (χ0v) is 11.1. The minimum Gasteiger partial charge on any atom is -0.298 e. The van der Waals surface area contributed by atoms with Crippen molar-refractivity contribution in [2.45, 2.75) is 0 Å². The lowest BCUT2D eigenvalue weighted by molar-refractivity contribution is 0.112. The van der Waals surface area contributed by atoms with Crippen LogP contribution < -0.4 is 0 Å². The van der Waals surface area contributed by atoms with Crippen LogP contribution in [0.4, 0.5) is 0 Å². The van der Waals surface area contributed by atoms with E-state index in [-0.39, 0.29) is 0 Å². The van der Waals surface area contributed by atoms with E-state index >= 15 is 0 Å². The molecule has 0 saturated carbocycles. The van der Waals surface area contributed by atoms with Crippen molar-refractivity contribution in [3.63, 3.8) is 0 Å². The summed E-state index contributed by atoms with van der Waals surface area (Å²) in [4.78, 5) is 11.1. The molecule has 1 aromatic heterocycles. The van der Waals surface area contributed by atoms with Gasteiger partial charge in [0.1, 0.15) is 6.29 Å². The predicted octanol–water partition coefficient (Wildman–Crippen LogP) is 4.89. The second-order valence-electron chi connectivity index (χ2n) is 4.34. The van der Waals surface area contributed by atoms with Gasteiger partial charge in [0.05, 0.1) is 0 Å². The summed E-state index contributed by atoms with van der Waals surface area (Å²) in [7, 11) is 0. The van der Waals surface area contributed by atoms with E-state index in [9.17, 15) is 4.79 Å². The molecule has 0 bridgehead atoms. The average Bonchev–Trinajstić information content (AvgIpc) is 3.02. The molecule has 0 atom stereocenters. The lowest BCUT2D eigenvalue weighted by Crippen LogP contribution is -1.86. The topological polar surface area (TPSA) is 17.1 Å². The van der Waals surface area contributed by atoms with Gasteiger partial charge >= 0.3 is 0 Å². The number of rotatable bonds is 3. The van der Waals surface area contributed by atoms with Crippen molar-refractivity contribution in [3.05, 3.63) is 70.9 Å². The van der Waals surface area contributed by atoms with Gasteiger partial charge in [-0.3, -0.25) is 4.79 Å². The van der Waals surface area contributed by atoms with E-state index in [4.69, 9.17) is 0 Å². The third-order valence-corrected chi connectivity index (χ3v) is 3.74. The number of thiophene rings is 1. The van der Waals surface area contributed by atoms with Crippen molar-refractivity contribution >= 4 is 17.6 Å². The lowest BCUT2D eigenvalue weighted by Gasteiger charge is -2.06. The molecule has 0 aliphatic rings. The summed E-state index contributed by atoms with van der Waals surface area (Å²) in [5.74, 6) is 0. The van der Waals surface area contributed by atoms with Crippen LogP contribution >= 0.6 is 11.3 Å². The lowest BCUT2D eigenvalue weighted by atomic mass is 9.98. The third-order valence-electron chi connectivity index (χ3n) is 3.05. The Hall–Kier alpha value is -2.19. The van der Waals surface area contributed by atoms with Crippen LogP contribution in [0.25, 0.3) is 22.3 Å². The Bertz CT molecular complexity index is 685. The summed E-state index contributed by atoms with van der Waals surface area (Å²) in [5.41, 5.74) is 5.16. The van der Waals surface area contributed by atoms with Gasteiger partial charge in [-0.15, -0.1) is 0 Å². The monoisotopic (exact) mass is 264 g/mol. The normalized spacial score (nSPS) is 10.3. The number of hydrogen-bond donors (Lipinski definition) is 0. The fraction of sp³-hybridized carbons (Fsp3) is 0. The van der Waals surface area contributed by atoms with Crippen LogP contribution in [-0.2, 0) is 0 Å². The SMILES string of the molecule is O=Cc1cc(-c2ccccc2)cc(-c2ccsc2)c1. The van der Waals surface area contributed by atoms with Crippen molar-refractivity contribution in [1.82, 2.24) is 0 Å². The van der Waals surface area contributed by atoms with E-state index in [2.05, 4.69) is 29.6 Å². The van der Waals surface area contributed by atoms with E-state index in [1.54, 1.807) is 11.3 Å². The van der Waals surface area contributed by atoms with Gasteiger partial charge < -0.3 is 0 Å².